The Morgan fingerprint density at radius 2 is 2.07 bits per heavy atom. The van der Waals surface area contributed by atoms with Crippen molar-refractivity contribution in [2.75, 3.05) is 6.54 Å². The van der Waals surface area contributed by atoms with Gasteiger partial charge in [-0.15, -0.1) is 0 Å². The van der Waals surface area contributed by atoms with Crippen LogP contribution in [0.1, 0.15) is 50.0 Å². The van der Waals surface area contributed by atoms with Gasteiger partial charge in [-0.1, -0.05) is 0 Å². The summed E-state index contributed by atoms with van der Waals surface area (Å²) in [6.07, 6.45) is 8.19. The molecule has 1 aromatic rings. The molecule has 1 aromatic heterocycles. The molecule has 84 valence electrons. The van der Waals surface area contributed by atoms with Gasteiger partial charge in [-0.3, -0.25) is 0 Å². The van der Waals surface area contributed by atoms with Crippen LogP contribution in [0.25, 0.3) is 0 Å². The molecule has 0 aliphatic heterocycles. The van der Waals surface area contributed by atoms with Crippen molar-refractivity contribution >= 4 is 11.3 Å². The first-order valence-corrected chi connectivity index (χ1v) is 7.06. The lowest BCUT2D eigenvalue weighted by molar-refractivity contribution is 0.306. The monoisotopic (exact) mass is 223 g/mol. The molecule has 0 aromatic carbocycles. The van der Waals surface area contributed by atoms with Crippen LogP contribution in [-0.2, 0) is 0 Å². The van der Waals surface area contributed by atoms with Gasteiger partial charge in [0.25, 0.3) is 0 Å². The zero-order valence-corrected chi connectivity index (χ0v) is 10.1. The summed E-state index contributed by atoms with van der Waals surface area (Å²) in [7, 11) is 0. The molecule has 1 heterocycles. The zero-order valence-electron chi connectivity index (χ0n) is 9.32. The van der Waals surface area contributed by atoms with E-state index in [1.807, 2.05) is 11.3 Å². The Morgan fingerprint density at radius 3 is 2.67 bits per heavy atom. The minimum absolute atomic E-state index is 0.852. The van der Waals surface area contributed by atoms with Gasteiger partial charge in [0.05, 0.1) is 0 Å². The number of rotatable bonds is 4. The van der Waals surface area contributed by atoms with E-state index in [0.29, 0.717) is 0 Å². The Kier molecular flexibility index (Phi) is 4.21. The Balaban J connectivity index is 1.77. The summed E-state index contributed by atoms with van der Waals surface area (Å²) in [5.74, 6) is 1.81. The molecule has 15 heavy (non-hydrogen) atoms. The molecule has 2 rings (SSSR count). The van der Waals surface area contributed by atoms with E-state index in [1.165, 1.54) is 38.5 Å². The molecule has 1 aliphatic carbocycles. The highest BCUT2D eigenvalue weighted by Crippen LogP contribution is 2.37. The number of nitrogens with two attached hydrogens (primary N) is 1. The van der Waals surface area contributed by atoms with E-state index < -0.39 is 0 Å². The Bertz CT molecular complexity index is 260. The molecule has 0 bridgehead atoms. The van der Waals surface area contributed by atoms with E-state index in [4.69, 9.17) is 5.73 Å². The maximum Gasteiger partial charge on any atom is -0.00584 e. The van der Waals surface area contributed by atoms with Crippen LogP contribution in [0.2, 0.25) is 0 Å². The topological polar surface area (TPSA) is 26.0 Å². The SMILES string of the molecule is NCCCC1CCC(c2ccsc2)CC1. The van der Waals surface area contributed by atoms with Crippen LogP contribution < -0.4 is 5.73 Å². The third-order valence-electron chi connectivity index (χ3n) is 3.68. The minimum atomic E-state index is 0.852. The highest BCUT2D eigenvalue weighted by molar-refractivity contribution is 7.07. The Hall–Kier alpha value is -0.340. The Labute approximate surface area is 96.7 Å². The second-order valence-corrected chi connectivity index (χ2v) is 5.49. The molecule has 1 aliphatic rings. The zero-order chi connectivity index (χ0) is 10.5. The molecule has 0 spiro atoms. The second kappa shape index (κ2) is 5.66. The summed E-state index contributed by atoms with van der Waals surface area (Å²) < 4.78 is 0. The van der Waals surface area contributed by atoms with Crippen LogP contribution in [-0.4, -0.2) is 6.54 Å². The summed E-state index contributed by atoms with van der Waals surface area (Å²) in [5.41, 5.74) is 7.13. The van der Waals surface area contributed by atoms with Gasteiger partial charge in [-0.25, -0.2) is 0 Å². The van der Waals surface area contributed by atoms with Crippen LogP contribution in [0.4, 0.5) is 0 Å². The summed E-state index contributed by atoms with van der Waals surface area (Å²) >= 11 is 1.83. The third kappa shape index (κ3) is 3.05. The van der Waals surface area contributed by atoms with Crippen LogP contribution in [0.5, 0.6) is 0 Å². The summed E-state index contributed by atoms with van der Waals surface area (Å²) in [6.45, 7) is 0.866. The van der Waals surface area contributed by atoms with Crippen molar-refractivity contribution in [2.45, 2.75) is 44.4 Å². The average Bonchev–Trinajstić information content (AvgIpc) is 2.80. The highest BCUT2D eigenvalue weighted by Gasteiger charge is 2.21. The van der Waals surface area contributed by atoms with Gasteiger partial charge >= 0.3 is 0 Å². The van der Waals surface area contributed by atoms with E-state index in [0.717, 1.165) is 18.4 Å². The Morgan fingerprint density at radius 1 is 1.27 bits per heavy atom. The summed E-state index contributed by atoms with van der Waals surface area (Å²) in [4.78, 5) is 0. The maximum atomic E-state index is 5.55. The maximum absolute atomic E-state index is 5.55. The average molecular weight is 223 g/mol. The van der Waals surface area contributed by atoms with Crippen molar-refractivity contribution in [3.05, 3.63) is 22.4 Å². The fourth-order valence-corrected chi connectivity index (χ4v) is 3.44. The summed E-state index contributed by atoms with van der Waals surface area (Å²) in [6, 6.07) is 2.30. The first-order chi connectivity index (χ1) is 7.40. The fraction of sp³-hybridized carbons (Fsp3) is 0.692. The number of hydrogen-bond donors (Lipinski definition) is 1. The molecule has 0 unspecified atom stereocenters. The lowest BCUT2D eigenvalue weighted by atomic mass is 9.78. The molecule has 2 N–H and O–H groups in total. The molecule has 0 saturated heterocycles. The van der Waals surface area contributed by atoms with E-state index >= 15 is 0 Å². The van der Waals surface area contributed by atoms with Crippen LogP contribution in [0.15, 0.2) is 16.8 Å². The van der Waals surface area contributed by atoms with E-state index in [1.54, 1.807) is 5.56 Å². The first kappa shape index (κ1) is 11.2. The normalized spacial score (nSPS) is 26.7. The van der Waals surface area contributed by atoms with Gasteiger partial charge in [0.15, 0.2) is 0 Å². The molecule has 1 saturated carbocycles. The number of thiophene rings is 1. The second-order valence-electron chi connectivity index (χ2n) is 4.71. The lowest BCUT2D eigenvalue weighted by Crippen LogP contribution is -2.14. The largest absolute Gasteiger partial charge is 0.330 e. The third-order valence-corrected chi connectivity index (χ3v) is 4.38. The van der Waals surface area contributed by atoms with Gasteiger partial charge in [-0.2, -0.15) is 11.3 Å². The van der Waals surface area contributed by atoms with Crippen molar-refractivity contribution in [1.29, 1.82) is 0 Å². The van der Waals surface area contributed by atoms with Gasteiger partial charge in [0.1, 0.15) is 0 Å². The van der Waals surface area contributed by atoms with Crippen LogP contribution in [0, 0.1) is 5.92 Å². The molecular weight excluding hydrogens is 202 g/mol. The number of hydrogen-bond acceptors (Lipinski definition) is 2. The van der Waals surface area contributed by atoms with Crippen molar-refractivity contribution < 1.29 is 0 Å². The molecule has 0 atom stereocenters. The standard InChI is InChI=1S/C13H21NS/c14-8-1-2-11-3-5-12(6-4-11)13-7-9-15-10-13/h7,9-12H,1-6,8,14H2. The van der Waals surface area contributed by atoms with Gasteiger partial charge in [-0.05, 0) is 79.3 Å². The van der Waals surface area contributed by atoms with Crippen molar-refractivity contribution in [3.8, 4) is 0 Å². The van der Waals surface area contributed by atoms with E-state index in [-0.39, 0.29) is 0 Å². The predicted octanol–water partition coefficient (Wildman–Crippen LogP) is 3.76. The first-order valence-electron chi connectivity index (χ1n) is 6.12. The van der Waals surface area contributed by atoms with Crippen LogP contribution >= 0.6 is 11.3 Å². The van der Waals surface area contributed by atoms with Crippen LogP contribution in [0.3, 0.4) is 0 Å². The van der Waals surface area contributed by atoms with Gasteiger partial charge in [0, 0.05) is 0 Å². The van der Waals surface area contributed by atoms with Crippen molar-refractivity contribution in [2.24, 2.45) is 11.7 Å². The fourth-order valence-electron chi connectivity index (χ4n) is 2.70. The smallest absolute Gasteiger partial charge is 0.00584 e. The molecule has 0 radical (unpaired) electrons. The lowest BCUT2D eigenvalue weighted by Gasteiger charge is -2.28. The van der Waals surface area contributed by atoms with Gasteiger partial charge < -0.3 is 5.73 Å². The molecule has 1 fully saturated rings. The minimum Gasteiger partial charge on any atom is -0.330 e. The van der Waals surface area contributed by atoms with Gasteiger partial charge in [0.2, 0.25) is 0 Å². The van der Waals surface area contributed by atoms with E-state index in [2.05, 4.69) is 16.8 Å². The molecular formula is C13H21NS. The highest BCUT2D eigenvalue weighted by atomic mass is 32.1. The molecule has 1 nitrogen and oxygen atoms in total. The van der Waals surface area contributed by atoms with Crippen molar-refractivity contribution in [3.63, 3.8) is 0 Å². The molecule has 0 amide bonds. The quantitative estimate of drug-likeness (QED) is 0.826. The molecule has 2 heteroatoms. The van der Waals surface area contributed by atoms with Crippen molar-refractivity contribution in [1.82, 2.24) is 0 Å². The van der Waals surface area contributed by atoms with E-state index in [9.17, 15) is 0 Å². The predicted molar refractivity (Wildman–Crippen MR) is 67.3 cm³/mol. The summed E-state index contributed by atoms with van der Waals surface area (Å²) in [5, 5.41) is 4.53.